The third-order valence-electron chi connectivity index (χ3n) is 2.13. The number of hydrogen-bond donors (Lipinski definition) is 2. The molecule has 0 aliphatic rings. The van der Waals surface area contributed by atoms with Crippen LogP contribution < -0.4 is 10.6 Å². The maximum absolute atomic E-state index is 4.89. The van der Waals surface area contributed by atoms with Crippen LogP contribution in [-0.4, -0.2) is 33.7 Å². The lowest BCUT2D eigenvalue weighted by molar-refractivity contribution is 0.379. The van der Waals surface area contributed by atoms with Gasteiger partial charge in [0.2, 0.25) is 11.8 Å². The van der Waals surface area contributed by atoms with Crippen LogP contribution >= 0.6 is 0 Å². The topological polar surface area (TPSA) is 88.8 Å². The summed E-state index contributed by atoms with van der Waals surface area (Å²) in [5, 5.41) is 9.63. The quantitative estimate of drug-likeness (QED) is 0.793. The van der Waals surface area contributed by atoms with Gasteiger partial charge in [-0.2, -0.15) is 9.97 Å². The molecule has 0 aliphatic carbocycles. The summed E-state index contributed by atoms with van der Waals surface area (Å²) < 4.78 is 4.89. The summed E-state index contributed by atoms with van der Waals surface area (Å²) in [6.45, 7) is 2.60. The molecule has 2 aromatic heterocycles. The van der Waals surface area contributed by atoms with Gasteiger partial charge < -0.3 is 15.2 Å². The Morgan fingerprint density at radius 1 is 1.35 bits per heavy atom. The molecule has 0 aromatic carbocycles. The zero-order chi connectivity index (χ0) is 12.1. The van der Waals surface area contributed by atoms with Crippen LogP contribution in [0.25, 0.3) is 0 Å². The first-order valence-corrected chi connectivity index (χ1v) is 5.31. The van der Waals surface area contributed by atoms with E-state index in [4.69, 9.17) is 4.52 Å². The molecule has 7 heteroatoms. The minimum Gasteiger partial charge on any atom is -0.369 e. The van der Waals surface area contributed by atoms with Crippen molar-refractivity contribution in [2.75, 3.05) is 24.2 Å². The lowest BCUT2D eigenvalue weighted by Crippen LogP contribution is -2.08. The van der Waals surface area contributed by atoms with Gasteiger partial charge in [0.1, 0.15) is 5.82 Å². The van der Waals surface area contributed by atoms with Gasteiger partial charge in [-0.25, -0.2) is 4.98 Å². The van der Waals surface area contributed by atoms with Crippen molar-refractivity contribution >= 4 is 11.8 Å². The Kier molecular flexibility index (Phi) is 3.49. The Bertz CT molecular complexity index is 470. The highest BCUT2D eigenvalue weighted by Gasteiger charge is 2.02. The molecule has 0 amide bonds. The third kappa shape index (κ3) is 3.13. The van der Waals surface area contributed by atoms with Gasteiger partial charge >= 0.3 is 0 Å². The van der Waals surface area contributed by atoms with Crippen molar-refractivity contribution in [3.8, 4) is 0 Å². The van der Waals surface area contributed by atoms with Crippen LogP contribution in [0.3, 0.4) is 0 Å². The second kappa shape index (κ2) is 5.24. The molecule has 0 saturated heterocycles. The van der Waals surface area contributed by atoms with E-state index in [0.29, 0.717) is 24.8 Å². The Morgan fingerprint density at radius 3 is 2.94 bits per heavy atom. The summed E-state index contributed by atoms with van der Waals surface area (Å²) >= 11 is 0. The molecule has 0 aliphatic heterocycles. The van der Waals surface area contributed by atoms with E-state index in [-0.39, 0.29) is 0 Å². The zero-order valence-electron chi connectivity index (χ0n) is 9.77. The Hall–Kier alpha value is -2.18. The van der Waals surface area contributed by atoms with Gasteiger partial charge in [-0.05, 0) is 6.92 Å². The lowest BCUT2D eigenvalue weighted by Gasteiger charge is -2.06. The van der Waals surface area contributed by atoms with E-state index in [9.17, 15) is 0 Å². The molecule has 0 saturated carbocycles. The number of aromatic nitrogens is 4. The SMILES string of the molecule is CNc1nc(C)cc(NCCc2ncno2)n1. The fourth-order valence-corrected chi connectivity index (χ4v) is 1.37. The van der Waals surface area contributed by atoms with Crippen molar-refractivity contribution in [2.45, 2.75) is 13.3 Å². The van der Waals surface area contributed by atoms with Crippen LogP contribution in [0.15, 0.2) is 16.9 Å². The molecule has 2 aromatic rings. The monoisotopic (exact) mass is 234 g/mol. The van der Waals surface area contributed by atoms with Crippen molar-refractivity contribution in [3.63, 3.8) is 0 Å². The molecular formula is C10H14N6O. The van der Waals surface area contributed by atoms with E-state index >= 15 is 0 Å². The van der Waals surface area contributed by atoms with E-state index in [1.54, 1.807) is 7.05 Å². The van der Waals surface area contributed by atoms with Gasteiger partial charge in [0, 0.05) is 31.8 Å². The molecule has 2 N–H and O–H groups in total. The summed E-state index contributed by atoms with van der Waals surface area (Å²) in [7, 11) is 1.79. The first kappa shape index (κ1) is 11.3. The number of rotatable bonds is 5. The Labute approximate surface area is 98.7 Å². The molecule has 0 spiro atoms. The summed E-state index contributed by atoms with van der Waals surface area (Å²) in [5.74, 6) is 1.99. The van der Waals surface area contributed by atoms with Gasteiger partial charge in [-0.15, -0.1) is 0 Å². The minimum atomic E-state index is 0.602. The number of nitrogens with zero attached hydrogens (tertiary/aromatic N) is 4. The highest BCUT2D eigenvalue weighted by atomic mass is 16.5. The first-order chi connectivity index (χ1) is 8.28. The number of anilines is 2. The van der Waals surface area contributed by atoms with E-state index in [1.807, 2.05) is 13.0 Å². The molecule has 2 rings (SSSR count). The van der Waals surface area contributed by atoms with Gasteiger partial charge in [-0.1, -0.05) is 5.16 Å². The molecule has 90 valence electrons. The largest absolute Gasteiger partial charge is 0.369 e. The van der Waals surface area contributed by atoms with Crippen molar-refractivity contribution in [2.24, 2.45) is 0 Å². The Balaban J connectivity index is 1.92. The fraction of sp³-hybridized carbons (Fsp3) is 0.400. The predicted octanol–water partition coefficient (Wildman–Crippen LogP) is 0.864. The minimum absolute atomic E-state index is 0.602. The molecule has 0 atom stereocenters. The summed E-state index contributed by atoms with van der Waals surface area (Å²) in [6.07, 6.45) is 2.06. The van der Waals surface area contributed by atoms with E-state index in [0.717, 1.165) is 11.5 Å². The van der Waals surface area contributed by atoms with Crippen LogP contribution in [0.1, 0.15) is 11.6 Å². The second-order valence-electron chi connectivity index (χ2n) is 3.48. The van der Waals surface area contributed by atoms with E-state index in [1.165, 1.54) is 6.33 Å². The molecule has 0 bridgehead atoms. The predicted molar refractivity (Wildman–Crippen MR) is 62.8 cm³/mol. The van der Waals surface area contributed by atoms with E-state index < -0.39 is 0 Å². The molecular weight excluding hydrogens is 220 g/mol. The van der Waals surface area contributed by atoms with Crippen molar-refractivity contribution in [3.05, 3.63) is 24.0 Å². The van der Waals surface area contributed by atoms with Crippen molar-refractivity contribution in [1.29, 1.82) is 0 Å². The van der Waals surface area contributed by atoms with E-state index in [2.05, 4.69) is 30.7 Å². The molecule has 0 fully saturated rings. The molecule has 17 heavy (non-hydrogen) atoms. The summed E-state index contributed by atoms with van der Waals surface area (Å²) in [6, 6.07) is 1.88. The molecule has 0 unspecified atom stereocenters. The third-order valence-corrected chi connectivity index (χ3v) is 2.13. The number of aryl methyl sites for hydroxylation is 1. The molecule has 2 heterocycles. The van der Waals surface area contributed by atoms with Crippen LogP contribution in [0.5, 0.6) is 0 Å². The van der Waals surface area contributed by atoms with Crippen molar-refractivity contribution in [1.82, 2.24) is 20.1 Å². The van der Waals surface area contributed by atoms with Gasteiger partial charge in [-0.3, -0.25) is 0 Å². The zero-order valence-corrected chi connectivity index (χ0v) is 9.77. The maximum Gasteiger partial charge on any atom is 0.228 e. The van der Waals surface area contributed by atoms with Gasteiger partial charge in [0.25, 0.3) is 0 Å². The Morgan fingerprint density at radius 2 is 2.24 bits per heavy atom. The van der Waals surface area contributed by atoms with Crippen LogP contribution in [0.4, 0.5) is 11.8 Å². The van der Waals surface area contributed by atoms with Crippen LogP contribution in [0.2, 0.25) is 0 Å². The molecule has 0 radical (unpaired) electrons. The smallest absolute Gasteiger partial charge is 0.228 e. The normalized spacial score (nSPS) is 10.2. The highest BCUT2D eigenvalue weighted by Crippen LogP contribution is 2.08. The summed E-state index contributed by atoms with van der Waals surface area (Å²) in [5.41, 5.74) is 0.907. The number of nitrogens with one attached hydrogen (secondary N) is 2. The van der Waals surface area contributed by atoms with Gasteiger partial charge in [0.05, 0.1) is 0 Å². The first-order valence-electron chi connectivity index (χ1n) is 5.31. The highest BCUT2D eigenvalue weighted by molar-refractivity contribution is 5.41. The number of hydrogen-bond acceptors (Lipinski definition) is 7. The standard InChI is InChI=1S/C10H14N6O/c1-7-5-8(16-10(11-2)15-7)12-4-3-9-13-6-14-17-9/h5-6H,3-4H2,1-2H3,(H2,11,12,15,16). The molecule has 7 nitrogen and oxygen atoms in total. The van der Waals surface area contributed by atoms with Crippen molar-refractivity contribution < 1.29 is 4.52 Å². The maximum atomic E-state index is 4.89. The van der Waals surface area contributed by atoms with Crippen LogP contribution in [0, 0.1) is 6.92 Å². The van der Waals surface area contributed by atoms with Crippen LogP contribution in [-0.2, 0) is 6.42 Å². The average Bonchev–Trinajstić information content (AvgIpc) is 2.81. The van der Waals surface area contributed by atoms with Gasteiger partial charge in [0.15, 0.2) is 6.33 Å². The lowest BCUT2D eigenvalue weighted by atomic mass is 10.4. The fourth-order valence-electron chi connectivity index (χ4n) is 1.37. The summed E-state index contributed by atoms with van der Waals surface area (Å²) in [4.78, 5) is 12.4. The second-order valence-corrected chi connectivity index (χ2v) is 3.48. The average molecular weight is 234 g/mol.